The number of hydrogen-bond acceptors (Lipinski definition) is 3. The van der Waals surface area contributed by atoms with E-state index in [1.54, 1.807) is 4.31 Å². The molecular formula is C9H19N3O2S. The number of rotatable bonds is 3. The van der Waals surface area contributed by atoms with Crippen molar-refractivity contribution in [3.05, 3.63) is 0 Å². The van der Waals surface area contributed by atoms with E-state index in [-0.39, 0.29) is 12.1 Å². The summed E-state index contributed by atoms with van der Waals surface area (Å²) >= 11 is 0. The number of piperidine rings is 1. The summed E-state index contributed by atoms with van der Waals surface area (Å²) in [6.07, 6.45) is 3.76. The zero-order chi connectivity index (χ0) is 11.1. The fourth-order valence-electron chi connectivity index (χ4n) is 2.29. The molecule has 0 atom stereocenters. The van der Waals surface area contributed by atoms with E-state index in [1.807, 2.05) is 0 Å². The second-order valence-corrected chi connectivity index (χ2v) is 6.09. The van der Waals surface area contributed by atoms with Crippen molar-refractivity contribution in [1.29, 1.82) is 0 Å². The van der Waals surface area contributed by atoms with Gasteiger partial charge in [0.1, 0.15) is 0 Å². The highest BCUT2D eigenvalue weighted by molar-refractivity contribution is 7.86. The zero-order valence-corrected chi connectivity index (χ0v) is 9.91. The number of hydrogen-bond donors (Lipinski definition) is 1. The largest absolute Gasteiger partial charge is 0.306 e. The number of likely N-dealkylation sites (tertiary alicyclic amines) is 1. The lowest BCUT2D eigenvalue weighted by molar-refractivity contribution is 0.179. The van der Waals surface area contributed by atoms with Crippen LogP contribution in [0.1, 0.15) is 25.7 Å². The lowest BCUT2D eigenvalue weighted by Crippen LogP contribution is -2.49. The predicted octanol–water partition coefficient (Wildman–Crippen LogP) is -0.251. The van der Waals surface area contributed by atoms with Crippen LogP contribution in [0.4, 0.5) is 0 Å². The van der Waals surface area contributed by atoms with Gasteiger partial charge >= 0.3 is 0 Å². The van der Waals surface area contributed by atoms with Gasteiger partial charge in [-0.1, -0.05) is 0 Å². The molecule has 1 saturated heterocycles. The summed E-state index contributed by atoms with van der Waals surface area (Å²) in [6, 6.07) is 0.317. The molecule has 2 fully saturated rings. The topological polar surface area (TPSA) is 66.6 Å². The molecule has 5 nitrogen and oxygen atoms in total. The van der Waals surface area contributed by atoms with E-state index in [0.717, 1.165) is 38.8 Å². The van der Waals surface area contributed by atoms with Crippen LogP contribution in [0.25, 0.3) is 0 Å². The van der Waals surface area contributed by atoms with Crippen molar-refractivity contribution < 1.29 is 8.42 Å². The molecule has 1 aliphatic heterocycles. The molecule has 88 valence electrons. The molecular weight excluding hydrogens is 214 g/mol. The molecule has 2 rings (SSSR count). The minimum Gasteiger partial charge on any atom is -0.306 e. The fourth-order valence-corrected chi connectivity index (χ4v) is 3.54. The maximum absolute atomic E-state index is 11.5. The van der Waals surface area contributed by atoms with Crippen LogP contribution in [-0.4, -0.2) is 49.8 Å². The third-order valence-corrected chi connectivity index (χ3v) is 4.43. The van der Waals surface area contributed by atoms with Crippen LogP contribution in [0, 0.1) is 0 Å². The Kier molecular flexibility index (Phi) is 3.03. The van der Waals surface area contributed by atoms with Crippen molar-refractivity contribution in [3.63, 3.8) is 0 Å². The standard InChI is InChI=1S/C9H19N3O2S/c1-11-6-4-9(5-7-11)12(8-2-3-8)15(10,13)14/h8-9H,2-7H2,1H3,(H2,10,13,14). The minimum absolute atomic E-state index is 0.128. The van der Waals surface area contributed by atoms with E-state index in [1.165, 1.54) is 0 Å². The molecule has 6 heteroatoms. The first kappa shape index (κ1) is 11.3. The molecule has 2 aliphatic rings. The average molecular weight is 233 g/mol. The summed E-state index contributed by atoms with van der Waals surface area (Å²) in [6.45, 7) is 1.92. The predicted molar refractivity (Wildman–Crippen MR) is 58.5 cm³/mol. The Bertz CT molecular complexity index is 318. The zero-order valence-electron chi connectivity index (χ0n) is 9.09. The Morgan fingerprint density at radius 2 is 1.60 bits per heavy atom. The van der Waals surface area contributed by atoms with Gasteiger partial charge in [-0.25, -0.2) is 5.14 Å². The van der Waals surface area contributed by atoms with Gasteiger partial charge in [0.25, 0.3) is 10.2 Å². The summed E-state index contributed by atoms with van der Waals surface area (Å²) in [4.78, 5) is 2.23. The van der Waals surface area contributed by atoms with E-state index in [0.29, 0.717) is 0 Å². The van der Waals surface area contributed by atoms with Crippen LogP contribution >= 0.6 is 0 Å². The summed E-state index contributed by atoms with van der Waals surface area (Å²) in [7, 11) is -1.44. The normalized spacial score (nSPS) is 26.1. The third-order valence-electron chi connectivity index (χ3n) is 3.25. The molecule has 0 bridgehead atoms. The Hall–Kier alpha value is -0.170. The maximum Gasteiger partial charge on any atom is 0.277 e. The van der Waals surface area contributed by atoms with Gasteiger partial charge in [0.05, 0.1) is 0 Å². The van der Waals surface area contributed by atoms with E-state index in [9.17, 15) is 8.42 Å². The van der Waals surface area contributed by atoms with E-state index >= 15 is 0 Å². The highest BCUT2D eigenvalue weighted by atomic mass is 32.2. The van der Waals surface area contributed by atoms with Crippen LogP contribution in [0.15, 0.2) is 0 Å². The first-order chi connectivity index (χ1) is 6.98. The van der Waals surface area contributed by atoms with E-state index < -0.39 is 10.2 Å². The first-order valence-electron chi connectivity index (χ1n) is 5.48. The molecule has 0 aromatic heterocycles. The third kappa shape index (κ3) is 2.69. The van der Waals surface area contributed by atoms with Gasteiger partial charge in [0.2, 0.25) is 0 Å². The van der Waals surface area contributed by atoms with Gasteiger partial charge in [-0.15, -0.1) is 0 Å². The van der Waals surface area contributed by atoms with Gasteiger partial charge in [-0.3, -0.25) is 0 Å². The molecule has 0 amide bonds. The molecule has 1 aliphatic carbocycles. The minimum atomic E-state index is -3.50. The Balaban J connectivity index is 2.05. The van der Waals surface area contributed by atoms with Gasteiger partial charge in [0.15, 0.2) is 0 Å². The highest BCUT2D eigenvalue weighted by Crippen LogP contribution is 2.32. The Labute approximate surface area is 91.4 Å². The molecule has 0 aromatic rings. The van der Waals surface area contributed by atoms with Gasteiger partial charge in [-0.05, 0) is 45.8 Å². The number of nitrogens with two attached hydrogens (primary N) is 1. The summed E-state index contributed by atoms with van der Waals surface area (Å²) in [5.74, 6) is 0. The Morgan fingerprint density at radius 3 is 2.00 bits per heavy atom. The van der Waals surface area contributed by atoms with Crippen molar-refractivity contribution in [2.24, 2.45) is 5.14 Å². The first-order valence-corrected chi connectivity index (χ1v) is 6.98. The summed E-state index contributed by atoms with van der Waals surface area (Å²) in [5.41, 5.74) is 0. The summed E-state index contributed by atoms with van der Waals surface area (Å²) < 4.78 is 24.5. The van der Waals surface area contributed by atoms with Crippen LogP contribution in [0.2, 0.25) is 0 Å². The SMILES string of the molecule is CN1CCC(N(C2CC2)S(N)(=O)=O)CC1. The van der Waals surface area contributed by atoms with Gasteiger partial charge < -0.3 is 4.90 Å². The number of nitrogens with zero attached hydrogens (tertiary/aromatic N) is 2. The van der Waals surface area contributed by atoms with Crippen LogP contribution < -0.4 is 5.14 Å². The second-order valence-electron chi connectivity index (χ2n) is 4.64. The van der Waals surface area contributed by atoms with Crippen molar-refractivity contribution >= 4 is 10.2 Å². The van der Waals surface area contributed by atoms with Crippen LogP contribution in [0.3, 0.4) is 0 Å². The van der Waals surface area contributed by atoms with E-state index in [2.05, 4.69) is 11.9 Å². The molecule has 2 N–H and O–H groups in total. The average Bonchev–Trinajstić information content (AvgIpc) is 2.90. The molecule has 1 saturated carbocycles. The monoisotopic (exact) mass is 233 g/mol. The van der Waals surface area contributed by atoms with Crippen molar-refractivity contribution in [2.45, 2.75) is 37.8 Å². The van der Waals surface area contributed by atoms with Crippen LogP contribution in [-0.2, 0) is 10.2 Å². The van der Waals surface area contributed by atoms with E-state index in [4.69, 9.17) is 5.14 Å². The van der Waals surface area contributed by atoms with Crippen molar-refractivity contribution in [1.82, 2.24) is 9.21 Å². The Morgan fingerprint density at radius 1 is 1.13 bits per heavy atom. The van der Waals surface area contributed by atoms with Crippen LogP contribution in [0.5, 0.6) is 0 Å². The molecule has 0 spiro atoms. The molecule has 0 radical (unpaired) electrons. The second kappa shape index (κ2) is 4.01. The lowest BCUT2D eigenvalue weighted by Gasteiger charge is -2.35. The summed E-state index contributed by atoms with van der Waals surface area (Å²) in [5, 5.41) is 5.27. The van der Waals surface area contributed by atoms with Crippen molar-refractivity contribution in [3.8, 4) is 0 Å². The molecule has 1 heterocycles. The lowest BCUT2D eigenvalue weighted by atomic mass is 10.1. The van der Waals surface area contributed by atoms with Gasteiger partial charge in [-0.2, -0.15) is 12.7 Å². The molecule has 0 aromatic carbocycles. The maximum atomic E-state index is 11.5. The molecule has 0 unspecified atom stereocenters. The fraction of sp³-hybridized carbons (Fsp3) is 1.00. The van der Waals surface area contributed by atoms with Gasteiger partial charge in [0, 0.05) is 12.1 Å². The quantitative estimate of drug-likeness (QED) is 0.731. The van der Waals surface area contributed by atoms with Crippen molar-refractivity contribution in [2.75, 3.05) is 20.1 Å². The highest BCUT2D eigenvalue weighted by Gasteiger charge is 2.40. The smallest absolute Gasteiger partial charge is 0.277 e. The molecule has 15 heavy (non-hydrogen) atoms.